The second-order valence-corrected chi connectivity index (χ2v) is 2.89. The first-order valence-electron chi connectivity index (χ1n) is 4.30. The van der Waals surface area contributed by atoms with E-state index in [0.717, 1.165) is 13.2 Å². The first-order chi connectivity index (χ1) is 7.51. The fraction of sp³-hybridized carbons (Fsp3) is 0.333. The normalized spacial score (nSPS) is 10.6. The van der Waals surface area contributed by atoms with Gasteiger partial charge in [-0.05, 0) is 6.07 Å². The van der Waals surface area contributed by atoms with Crippen LogP contribution in [0.2, 0.25) is 0 Å². The first kappa shape index (κ1) is 12.3. The van der Waals surface area contributed by atoms with Gasteiger partial charge in [0.25, 0.3) is 6.43 Å². The van der Waals surface area contributed by atoms with Gasteiger partial charge in [0.2, 0.25) is 5.88 Å². The number of aromatic carboxylic acids is 1. The van der Waals surface area contributed by atoms with E-state index in [4.69, 9.17) is 10.8 Å². The lowest BCUT2D eigenvalue weighted by Gasteiger charge is -2.11. The molecule has 1 heterocycles. The molecule has 0 saturated heterocycles. The van der Waals surface area contributed by atoms with Gasteiger partial charge in [-0.1, -0.05) is 0 Å². The third-order valence-electron chi connectivity index (χ3n) is 1.93. The van der Waals surface area contributed by atoms with Gasteiger partial charge in [0.15, 0.2) is 0 Å². The highest BCUT2D eigenvalue weighted by Gasteiger charge is 2.25. The number of nitrogens with zero attached hydrogens (tertiary/aromatic N) is 1. The zero-order valence-electron chi connectivity index (χ0n) is 8.41. The van der Waals surface area contributed by atoms with Gasteiger partial charge in [0.1, 0.15) is 0 Å². The number of rotatable bonds is 4. The van der Waals surface area contributed by atoms with Crippen LogP contribution in [-0.4, -0.2) is 23.2 Å². The van der Waals surface area contributed by atoms with Crippen molar-refractivity contribution in [1.82, 2.24) is 4.98 Å². The number of hydrogen-bond donors (Lipinski definition) is 2. The van der Waals surface area contributed by atoms with Gasteiger partial charge >= 0.3 is 5.97 Å². The number of aromatic nitrogens is 1. The van der Waals surface area contributed by atoms with Crippen LogP contribution in [-0.2, 0) is 6.54 Å². The van der Waals surface area contributed by atoms with E-state index >= 15 is 0 Å². The number of alkyl halides is 2. The molecule has 16 heavy (non-hydrogen) atoms. The van der Waals surface area contributed by atoms with Crippen LogP contribution in [0, 0.1) is 0 Å². The lowest BCUT2D eigenvalue weighted by molar-refractivity contribution is 0.0682. The van der Waals surface area contributed by atoms with Gasteiger partial charge in [-0.25, -0.2) is 18.6 Å². The van der Waals surface area contributed by atoms with Gasteiger partial charge in [0, 0.05) is 6.54 Å². The maximum atomic E-state index is 12.7. The second-order valence-electron chi connectivity index (χ2n) is 2.89. The van der Waals surface area contributed by atoms with Crippen LogP contribution in [0.15, 0.2) is 6.07 Å². The van der Waals surface area contributed by atoms with E-state index in [1.807, 2.05) is 0 Å². The summed E-state index contributed by atoms with van der Waals surface area (Å²) in [4.78, 5) is 14.5. The van der Waals surface area contributed by atoms with Gasteiger partial charge in [-0.3, -0.25) is 0 Å². The topological polar surface area (TPSA) is 85.4 Å². The number of pyridine rings is 1. The van der Waals surface area contributed by atoms with Crippen LogP contribution in [0.4, 0.5) is 8.78 Å². The summed E-state index contributed by atoms with van der Waals surface area (Å²) in [6, 6.07) is 1.02. The Morgan fingerprint density at radius 3 is 2.69 bits per heavy atom. The SMILES string of the molecule is COc1nc(CN)cc(C(=O)O)c1C(F)F. The number of carbonyl (C=O) groups is 1. The number of ether oxygens (including phenoxy) is 1. The molecule has 3 N–H and O–H groups in total. The fourth-order valence-electron chi connectivity index (χ4n) is 1.23. The lowest BCUT2D eigenvalue weighted by Crippen LogP contribution is -2.11. The fourth-order valence-corrected chi connectivity index (χ4v) is 1.23. The summed E-state index contributed by atoms with van der Waals surface area (Å²) >= 11 is 0. The highest BCUT2D eigenvalue weighted by molar-refractivity contribution is 5.90. The third kappa shape index (κ3) is 2.25. The second kappa shape index (κ2) is 4.84. The van der Waals surface area contributed by atoms with Crippen molar-refractivity contribution in [1.29, 1.82) is 0 Å². The third-order valence-corrected chi connectivity index (χ3v) is 1.93. The van der Waals surface area contributed by atoms with Gasteiger partial charge in [-0.15, -0.1) is 0 Å². The van der Waals surface area contributed by atoms with Crippen LogP contribution < -0.4 is 10.5 Å². The first-order valence-corrected chi connectivity index (χ1v) is 4.30. The van der Waals surface area contributed by atoms with Crippen LogP contribution in [0.25, 0.3) is 0 Å². The summed E-state index contributed by atoms with van der Waals surface area (Å²) in [5.41, 5.74) is 4.18. The molecule has 0 spiro atoms. The standard InChI is InChI=1S/C9H10F2N2O3/c1-16-8-6(7(10)11)5(9(14)15)2-4(3-12)13-8/h2,7H,3,12H2,1H3,(H,14,15). The van der Waals surface area contributed by atoms with E-state index in [-0.39, 0.29) is 12.2 Å². The number of hydrogen-bond acceptors (Lipinski definition) is 4. The van der Waals surface area contributed by atoms with Gasteiger partial charge in [-0.2, -0.15) is 0 Å². The molecule has 0 radical (unpaired) electrons. The van der Waals surface area contributed by atoms with Crippen molar-refractivity contribution in [2.75, 3.05) is 7.11 Å². The summed E-state index contributed by atoms with van der Waals surface area (Å²) < 4.78 is 29.9. The molecule has 0 aromatic carbocycles. The van der Waals surface area contributed by atoms with E-state index in [1.165, 1.54) is 0 Å². The average Bonchev–Trinajstić information content (AvgIpc) is 2.26. The molecule has 0 amide bonds. The molecule has 0 atom stereocenters. The summed E-state index contributed by atoms with van der Waals surface area (Å²) in [6.45, 7) is -0.0554. The van der Waals surface area contributed by atoms with Crippen molar-refractivity contribution < 1.29 is 23.4 Å². The smallest absolute Gasteiger partial charge is 0.336 e. The molecular weight excluding hydrogens is 222 g/mol. The summed E-state index contributed by atoms with van der Waals surface area (Å²) in [5, 5.41) is 8.80. The maximum absolute atomic E-state index is 12.7. The minimum Gasteiger partial charge on any atom is -0.481 e. The highest BCUT2D eigenvalue weighted by atomic mass is 19.3. The van der Waals surface area contributed by atoms with E-state index in [2.05, 4.69) is 9.72 Å². The Balaban J connectivity index is 3.47. The van der Waals surface area contributed by atoms with Gasteiger partial charge in [0.05, 0.1) is 23.9 Å². The Morgan fingerprint density at radius 2 is 2.31 bits per heavy atom. The van der Waals surface area contributed by atoms with E-state index in [1.54, 1.807) is 0 Å². The largest absolute Gasteiger partial charge is 0.481 e. The van der Waals surface area contributed by atoms with Crippen molar-refractivity contribution >= 4 is 5.97 Å². The lowest BCUT2D eigenvalue weighted by atomic mass is 10.1. The minimum atomic E-state index is -2.97. The predicted octanol–water partition coefficient (Wildman–Crippen LogP) is 1.18. The Kier molecular flexibility index (Phi) is 3.73. The molecule has 0 bridgehead atoms. The zero-order chi connectivity index (χ0) is 12.3. The molecule has 1 aromatic heterocycles. The molecule has 1 rings (SSSR count). The Hall–Kier alpha value is -1.76. The molecule has 1 aromatic rings. The van der Waals surface area contributed by atoms with Crippen LogP contribution in [0.5, 0.6) is 5.88 Å². The van der Waals surface area contributed by atoms with Crippen LogP contribution in [0.1, 0.15) is 28.0 Å². The molecule has 0 saturated carbocycles. The Morgan fingerprint density at radius 1 is 1.69 bits per heavy atom. The van der Waals surface area contributed by atoms with Crippen molar-refractivity contribution in [2.24, 2.45) is 5.73 Å². The van der Waals surface area contributed by atoms with Gasteiger partial charge < -0.3 is 15.6 Å². The van der Waals surface area contributed by atoms with Crippen molar-refractivity contribution in [3.8, 4) is 5.88 Å². The molecule has 0 fully saturated rings. The quantitative estimate of drug-likeness (QED) is 0.814. The summed E-state index contributed by atoms with van der Waals surface area (Å²) in [5.74, 6) is -1.87. The molecular formula is C9H10F2N2O3. The number of methoxy groups -OCH3 is 1. The van der Waals surface area contributed by atoms with Crippen LogP contribution in [0.3, 0.4) is 0 Å². The van der Waals surface area contributed by atoms with Crippen molar-refractivity contribution in [2.45, 2.75) is 13.0 Å². The monoisotopic (exact) mass is 232 g/mol. The minimum absolute atomic E-state index is 0.0554. The van der Waals surface area contributed by atoms with Crippen LogP contribution >= 0.6 is 0 Å². The van der Waals surface area contributed by atoms with E-state index in [9.17, 15) is 13.6 Å². The predicted molar refractivity (Wildman–Crippen MR) is 50.6 cm³/mol. The summed E-state index contributed by atoms with van der Waals surface area (Å²) in [7, 11) is 1.14. The molecule has 88 valence electrons. The molecule has 0 unspecified atom stereocenters. The maximum Gasteiger partial charge on any atom is 0.336 e. The molecule has 0 aliphatic rings. The molecule has 0 aliphatic carbocycles. The molecule has 7 heteroatoms. The number of halogens is 2. The molecule has 5 nitrogen and oxygen atoms in total. The highest BCUT2D eigenvalue weighted by Crippen LogP contribution is 2.31. The average molecular weight is 232 g/mol. The summed E-state index contributed by atoms with van der Waals surface area (Å²) in [6.07, 6.45) is -2.97. The van der Waals surface area contributed by atoms with Crippen molar-refractivity contribution in [3.63, 3.8) is 0 Å². The Labute approximate surface area is 89.9 Å². The molecule has 0 aliphatic heterocycles. The van der Waals surface area contributed by atoms with E-state index in [0.29, 0.717) is 0 Å². The number of carboxylic acids is 1. The number of nitrogens with two attached hydrogens (primary N) is 1. The van der Waals surface area contributed by atoms with E-state index < -0.39 is 29.4 Å². The van der Waals surface area contributed by atoms with Crippen molar-refractivity contribution in [3.05, 3.63) is 22.9 Å². The zero-order valence-corrected chi connectivity index (χ0v) is 8.41. The number of carboxylic acid groups (broad SMARTS) is 1. The Bertz CT molecular complexity index is 410.